The van der Waals surface area contributed by atoms with Crippen LogP contribution < -0.4 is 0 Å². The molecule has 0 rings (SSSR count). The number of carbonyl (C=O) groups excluding carboxylic acids is 2. The summed E-state index contributed by atoms with van der Waals surface area (Å²) >= 11 is 0. The summed E-state index contributed by atoms with van der Waals surface area (Å²) in [5.74, 6) is -0.416. The Labute approximate surface area is 335 Å². The van der Waals surface area contributed by atoms with Crippen molar-refractivity contribution >= 4 is 11.9 Å². The van der Waals surface area contributed by atoms with Gasteiger partial charge in [0.05, 0.1) is 6.61 Å². The third kappa shape index (κ3) is 42.6. The van der Waals surface area contributed by atoms with Crippen LogP contribution in [0.5, 0.6) is 0 Å². The highest BCUT2D eigenvalue weighted by Crippen LogP contribution is 2.14. The average molecular weight is 757 g/mol. The number of hydrogen-bond acceptors (Lipinski definition) is 5. The lowest BCUT2D eigenvalue weighted by atomic mass is 10.0. The lowest BCUT2D eigenvalue weighted by molar-refractivity contribution is -0.163. The van der Waals surface area contributed by atoms with Gasteiger partial charge in [0.25, 0.3) is 0 Å². The topological polar surface area (TPSA) is 61.8 Å². The van der Waals surface area contributed by atoms with Gasteiger partial charge >= 0.3 is 11.9 Å². The molecule has 1 unspecified atom stereocenters. The molecule has 5 heteroatoms. The van der Waals surface area contributed by atoms with E-state index in [0.29, 0.717) is 19.4 Å². The van der Waals surface area contributed by atoms with E-state index >= 15 is 0 Å². The molecule has 0 aromatic carbocycles. The maximum Gasteiger partial charge on any atom is 0.306 e. The largest absolute Gasteiger partial charge is 0.462 e. The number of allylic oxidation sites excluding steroid dienone is 8. The van der Waals surface area contributed by atoms with Gasteiger partial charge < -0.3 is 14.2 Å². The summed E-state index contributed by atoms with van der Waals surface area (Å²) in [4.78, 5) is 25.2. The third-order valence-corrected chi connectivity index (χ3v) is 9.85. The molecule has 0 aromatic heterocycles. The molecular formula is C49H88O5. The summed E-state index contributed by atoms with van der Waals surface area (Å²) in [6.45, 7) is 7.63. The van der Waals surface area contributed by atoms with Crippen molar-refractivity contribution in [3.63, 3.8) is 0 Å². The lowest BCUT2D eigenvalue weighted by Crippen LogP contribution is -2.30. The fourth-order valence-corrected chi connectivity index (χ4v) is 6.39. The molecular weight excluding hydrogens is 669 g/mol. The molecule has 0 fully saturated rings. The van der Waals surface area contributed by atoms with Crippen LogP contribution in [0.2, 0.25) is 0 Å². The first-order valence-electron chi connectivity index (χ1n) is 23.2. The van der Waals surface area contributed by atoms with Gasteiger partial charge in [-0.1, -0.05) is 191 Å². The zero-order chi connectivity index (χ0) is 39.3. The van der Waals surface area contributed by atoms with Crippen molar-refractivity contribution in [3.8, 4) is 0 Å². The quantitative estimate of drug-likeness (QED) is 0.0353. The average Bonchev–Trinajstić information content (AvgIpc) is 3.17. The van der Waals surface area contributed by atoms with Gasteiger partial charge in [0.15, 0.2) is 6.10 Å². The summed E-state index contributed by atoms with van der Waals surface area (Å²) in [6, 6.07) is 0. The first kappa shape index (κ1) is 51.9. The summed E-state index contributed by atoms with van der Waals surface area (Å²) < 4.78 is 17.3. The van der Waals surface area contributed by atoms with Crippen molar-refractivity contribution < 1.29 is 23.8 Å². The Hall–Kier alpha value is -2.14. The molecule has 0 aromatic rings. The molecule has 0 aliphatic rings. The van der Waals surface area contributed by atoms with Crippen LogP contribution in [-0.2, 0) is 23.8 Å². The maximum absolute atomic E-state index is 12.7. The number of carbonyl (C=O) groups is 2. The number of rotatable bonds is 42. The van der Waals surface area contributed by atoms with Crippen LogP contribution in [0.25, 0.3) is 0 Å². The van der Waals surface area contributed by atoms with Gasteiger partial charge in [-0.25, -0.2) is 0 Å². The lowest BCUT2D eigenvalue weighted by Gasteiger charge is -2.18. The van der Waals surface area contributed by atoms with Crippen molar-refractivity contribution in [1.29, 1.82) is 0 Å². The van der Waals surface area contributed by atoms with Crippen molar-refractivity contribution in [2.24, 2.45) is 0 Å². The summed E-state index contributed by atoms with van der Waals surface area (Å²) in [5.41, 5.74) is 0. The molecule has 54 heavy (non-hydrogen) atoms. The van der Waals surface area contributed by atoms with Crippen LogP contribution >= 0.6 is 0 Å². The van der Waals surface area contributed by atoms with Crippen LogP contribution in [-0.4, -0.2) is 37.9 Å². The summed E-state index contributed by atoms with van der Waals surface area (Å²) in [6.07, 6.45) is 53.9. The highest BCUT2D eigenvalue weighted by atomic mass is 16.6. The van der Waals surface area contributed by atoms with E-state index in [4.69, 9.17) is 14.2 Å². The fraction of sp³-hybridized carbons (Fsp3) is 0.796. The van der Waals surface area contributed by atoms with E-state index in [2.05, 4.69) is 69.4 Å². The van der Waals surface area contributed by atoms with E-state index in [0.717, 1.165) is 77.0 Å². The summed E-state index contributed by atoms with van der Waals surface area (Å²) in [7, 11) is 0. The Morgan fingerprint density at radius 3 is 1.41 bits per heavy atom. The third-order valence-electron chi connectivity index (χ3n) is 9.85. The van der Waals surface area contributed by atoms with Gasteiger partial charge in [0.2, 0.25) is 0 Å². The molecule has 0 aliphatic heterocycles. The second kappa shape index (κ2) is 45.3. The monoisotopic (exact) mass is 757 g/mol. The van der Waals surface area contributed by atoms with Crippen LogP contribution in [0.4, 0.5) is 0 Å². The zero-order valence-electron chi connectivity index (χ0n) is 36.0. The molecule has 314 valence electrons. The number of esters is 2. The number of hydrogen-bond donors (Lipinski definition) is 0. The summed E-state index contributed by atoms with van der Waals surface area (Å²) in [5, 5.41) is 0. The molecule has 0 saturated carbocycles. The standard InChI is InChI=1S/C49H88O5/c1-4-7-10-13-16-19-22-24-26-29-32-35-38-41-44-52-45-47(54-49(51)43-40-37-34-31-27-21-18-15-12-9-6-3)46-53-48(50)42-39-36-33-30-28-25-23-20-17-14-11-8-5-2/h7,10,15-16,18-19,24,26,47H,4-6,8-9,11-14,17,20-23,25,27-46H2,1-3H3/b10-7-,18-15-,19-16-,26-24-. The van der Waals surface area contributed by atoms with E-state index in [-0.39, 0.29) is 25.2 Å². The minimum atomic E-state index is -0.547. The number of unbranched alkanes of at least 4 members (excludes halogenated alkanes) is 23. The van der Waals surface area contributed by atoms with E-state index in [1.54, 1.807) is 0 Å². The Morgan fingerprint density at radius 2 is 0.852 bits per heavy atom. The predicted octanol–water partition coefficient (Wildman–Crippen LogP) is 15.2. The van der Waals surface area contributed by atoms with Crippen LogP contribution in [0.15, 0.2) is 48.6 Å². The molecule has 0 saturated heterocycles. The van der Waals surface area contributed by atoms with Crippen LogP contribution in [0, 0.1) is 0 Å². The minimum Gasteiger partial charge on any atom is -0.462 e. The second-order valence-corrected chi connectivity index (χ2v) is 15.3. The first-order valence-corrected chi connectivity index (χ1v) is 23.2. The first-order chi connectivity index (χ1) is 26.6. The fourth-order valence-electron chi connectivity index (χ4n) is 6.39. The minimum absolute atomic E-state index is 0.0752. The van der Waals surface area contributed by atoms with E-state index in [1.165, 1.54) is 116 Å². The Bertz CT molecular complexity index is 904. The normalized spacial score (nSPS) is 12.6. The SMILES string of the molecule is CC/C=C\C/C=C\C/C=C\CCCCCCOCC(COC(=O)CCCCCCCCCCCCCCC)OC(=O)CCCCCCC/C=C\CCCC. The molecule has 0 radical (unpaired) electrons. The van der Waals surface area contributed by atoms with E-state index in [1.807, 2.05) is 0 Å². The molecule has 5 nitrogen and oxygen atoms in total. The molecule has 1 atom stereocenters. The molecule has 0 heterocycles. The Kier molecular flexibility index (Phi) is 43.5. The van der Waals surface area contributed by atoms with Crippen LogP contribution in [0.3, 0.4) is 0 Å². The molecule has 0 N–H and O–H groups in total. The molecule has 0 amide bonds. The highest BCUT2D eigenvalue weighted by Gasteiger charge is 2.17. The second-order valence-electron chi connectivity index (χ2n) is 15.3. The number of ether oxygens (including phenoxy) is 3. The van der Waals surface area contributed by atoms with Crippen molar-refractivity contribution in [2.45, 2.75) is 232 Å². The molecule has 0 spiro atoms. The molecule has 0 aliphatic carbocycles. The maximum atomic E-state index is 12.7. The van der Waals surface area contributed by atoms with Crippen LogP contribution in [0.1, 0.15) is 226 Å². The predicted molar refractivity (Wildman–Crippen MR) is 233 cm³/mol. The van der Waals surface area contributed by atoms with Crippen molar-refractivity contribution in [1.82, 2.24) is 0 Å². The van der Waals surface area contributed by atoms with Crippen molar-refractivity contribution in [2.75, 3.05) is 19.8 Å². The highest BCUT2D eigenvalue weighted by molar-refractivity contribution is 5.70. The van der Waals surface area contributed by atoms with Gasteiger partial charge in [-0.3, -0.25) is 9.59 Å². The van der Waals surface area contributed by atoms with Gasteiger partial charge in [0, 0.05) is 19.4 Å². The Morgan fingerprint density at radius 1 is 0.426 bits per heavy atom. The smallest absolute Gasteiger partial charge is 0.306 e. The van der Waals surface area contributed by atoms with E-state index in [9.17, 15) is 9.59 Å². The molecule has 0 bridgehead atoms. The Balaban J connectivity index is 4.28. The van der Waals surface area contributed by atoms with Gasteiger partial charge in [-0.2, -0.15) is 0 Å². The van der Waals surface area contributed by atoms with Gasteiger partial charge in [-0.05, 0) is 70.6 Å². The van der Waals surface area contributed by atoms with E-state index < -0.39 is 6.10 Å². The zero-order valence-corrected chi connectivity index (χ0v) is 36.0. The van der Waals surface area contributed by atoms with Crippen molar-refractivity contribution in [3.05, 3.63) is 48.6 Å². The van der Waals surface area contributed by atoms with Gasteiger partial charge in [0.1, 0.15) is 6.61 Å². The van der Waals surface area contributed by atoms with Gasteiger partial charge in [-0.15, -0.1) is 0 Å².